The van der Waals surface area contributed by atoms with Gasteiger partial charge in [-0.2, -0.15) is 0 Å². The van der Waals surface area contributed by atoms with Crippen molar-refractivity contribution >= 4 is 5.97 Å². The summed E-state index contributed by atoms with van der Waals surface area (Å²) >= 11 is 0. The highest BCUT2D eigenvalue weighted by Crippen LogP contribution is 2.32. The molecular formula is C15H27NO3. The number of likely N-dealkylation sites (tertiary alicyclic amines) is 1. The first-order valence-electron chi connectivity index (χ1n) is 7.62. The first kappa shape index (κ1) is 14.8. The number of carboxylic acids is 1. The molecule has 2 unspecified atom stereocenters. The highest BCUT2D eigenvalue weighted by atomic mass is 16.5. The van der Waals surface area contributed by atoms with Gasteiger partial charge < -0.3 is 14.7 Å². The Kier molecular flexibility index (Phi) is 4.85. The van der Waals surface area contributed by atoms with Crippen LogP contribution < -0.4 is 0 Å². The molecule has 2 rings (SSSR count). The van der Waals surface area contributed by atoms with Gasteiger partial charge in [0.2, 0.25) is 0 Å². The lowest BCUT2D eigenvalue weighted by molar-refractivity contribution is -0.138. The number of ether oxygens (including phenoxy) is 1. The highest BCUT2D eigenvalue weighted by Gasteiger charge is 2.35. The SMILES string of the molecule is CCC1(C)CC(N2CCC(CC(=O)O)CC2)CCO1. The summed E-state index contributed by atoms with van der Waals surface area (Å²) in [4.78, 5) is 13.3. The normalized spacial score (nSPS) is 34.3. The zero-order chi connectivity index (χ0) is 13.9. The van der Waals surface area contributed by atoms with Crippen LogP contribution in [0.1, 0.15) is 52.4 Å². The van der Waals surface area contributed by atoms with Gasteiger partial charge in [-0.1, -0.05) is 6.92 Å². The van der Waals surface area contributed by atoms with Crippen molar-refractivity contribution in [2.75, 3.05) is 19.7 Å². The lowest BCUT2D eigenvalue weighted by atomic mass is 9.86. The topological polar surface area (TPSA) is 49.8 Å². The Labute approximate surface area is 116 Å². The number of rotatable bonds is 4. The minimum absolute atomic E-state index is 0.0425. The van der Waals surface area contributed by atoms with Gasteiger partial charge in [-0.05, 0) is 58.0 Å². The molecule has 0 aliphatic carbocycles. The number of carboxylic acid groups (broad SMARTS) is 1. The minimum Gasteiger partial charge on any atom is -0.481 e. The quantitative estimate of drug-likeness (QED) is 0.852. The Morgan fingerprint density at radius 3 is 2.63 bits per heavy atom. The minimum atomic E-state index is -0.650. The zero-order valence-corrected chi connectivity index (χ0v) is 12.2. The second-order valence-electron chi connectivity index (χ2n) is 6.38. The van der Waals surface area contributed by atoms with Gasteiger partial charge in [0, 0.05) is 19.1 Å². The van der Waals surface area contributed by atoms with E-state index in [1.165, 1.54) is 0 Å². The van der Waals surface area contributed by atoms with Crippen LogP contribution in [0.5, 0.6) is 0 Å². The Morgan fingerprint density at radius 1 is 1.37 bits per heavy atom. The molecule has 0 aromatic heterocycles. The van der Waals surface area contributed by atoms with Crippen LogP contribution >= 0.6 is 0 Å². The number of hydrogen-bond acceptors (Lipinski definition) is 3. The third-order valence-corrected chi connectivity index (χ3v) is 4.95. The van der Waals surface area contributed by atoms with Crippen LogP contribution in [0.3, 0.4) is 0 Å². The molecule has 0 spiro atoms. The highest BCUT2D eigenvalue weighted by molar-refractivity contribution is 5.67. The molecule has 2 heterocycles. The van der Waals surface area contributed by atoms with Crippen molar-refractivity contribution in [1.82, 2.24) is 4.90 Å². The summed E-state index contributed by atoms with van der Waals surface area (Å²) in [6.07, 6.45) is 5.72. The fraction of sp³-hybridized carbons (Fsp3) is 0.933. The molecule has 0 aromatic rings. The summed E-state index contributed by atoms with van der Waals surface area (Å²) in [6.45, 7) is 7.40. The Morgan fingerprint density at radius 2 is 2.05 bits per heavy atom. The summed E-state index contributed by atoms with van der Waals surface area (Å²) in [5.41, 5.74) is 0.0425. The molecule has 4 heteroatoms. The molecule has 110 valence electrons. The van der Waals surface area contributed by atoms with Crippen molar-refractivity contribution in [3.63, 3.8) is 0 Å². The summed E-state index contributed by atoms with van der Waals surface area (Å²) in [5, 5.41) is 8.85. The van der Waals surface area contributed by atoms with E-state index in [-0.39, 0.29) is 5.60 Å². The largest absolute Gasteiger partial charge is 0.481 e. The van der Waals surface area contributed by atoms with Crippen molar-refractivity contribution in [2.45, 2.75) is 64.0 Å². The molecule has 0 radical (unpaired) electrons. The number of nitrogens with zero attached hydrogens (tertiary/aromatic N) is 1. The van der Waals surface area contributed by atoms with E-state index in [0.29, 0.717) is 18.4 Å². The molecule has 0 saturated carbocycles. The van der Waals surface area contributed by atoms with Crippen molar-refractivity contribution in [2.24, 2.45) is 5.92 Å². The van der Waals surface area contributed by atoms with E-state index >= 15 is 0 Å². The second-order valence-corrected chi connectivity index (χ2v) is 6.38. The third kappa shape index (κ3) is 3.93. The Hall–Kier alpha value is -0.610. The van der Waals surface area contributed by atoms with E-state index in [1.54, 1.807) is 0 Å². The molecule has 2 aliphatic heterocycles. The maximum Gasteiger partial charge on any atom is 0.303 e. The second kappa shape index (κ2) is 6.23. The maximum atomic E-state index is 10.7. The number of carbonyl (C=O) groups is 1. The van der Waals surface area contributed by atoms with Gasteiger partial charge in [-0.15, -0.1) is 0 Å². The van der Waals surface area contributed by atoms with E-state index in [0.717, 1.165) is 51.8 Å². The first-order chi connectivity index (χ1) is 9.02. The fourth-order valence-electron chi connectivity index (χ4n) is 3.43. The predicted octanol–water partition coefficient (Wildman–Crippen LogP) is 2.52. The number of piperidine rings is 1. The smallest absolute Gasteiger partial charge is 0.303 e. The number of hydrogen-bond donors (Lipinski definition) is 1. The van der Waals surface area contributed by atoms with E-state index in [2.05, 4.69) is 18.7 Å². The van der Waals surface area contributed by atoms with Crippen LogP contribution in [0, 0.1) is 5.92 Å². The maximum absolute atomic E-state index is 10.7. The number of aliphatic carboxylic acids is 1. The first-order valence-corrected chi connectivity index (χ1v) is 7.62. The Balaban J connectivity index is 1.82. The van der Waals surface area contributed by atoms with Crippen LogP contribution in [-0.4, -0.2) is 47.3 Å². The zero-order valence-electron chi connectivity index (χ0n) is 12.2. The molecule has 2 atom stereocenters. The van der Waals surface area contributed by atoms with Gasteiger partial charge >= 0.3 is 5.97 Å². The lowest BCUT2D eigenvalue weighted by Crippen LogP contribution is -2.49. The van der Waals surface area contributed by atoms with Gasteiger partial charge in [0.05, 0.1) is 5.60 Å². The fourth-order valence-corrected chi connectivity index (χ4v) is 3.43. The predicted molar refractivity (Wildman–Crippen MR) is 74.2 cm³/mol. The molecule has 2 fully saturated rings. The van der Waals surface area contributed by atoms with Gasteiger partial charge in [0.25, 0.3) is 0 Å². The molecule has 0 amide bonds. The molecular weight excluding hydrogens is 242 g/mol. The average molecular weight is 269 g/mol. The van der Waals surface area contributed by atoms with Crippen molar-refractivity contribution < 1.29 is 14.6 Å². The molecule has 0 bridgehead atoms. The van der Waals surface area contributed by atoms with E-state index < -0.39 is 5.97 Å². The molecule has 19 heavy (non-hydrogen) atoms. The summed E-state index contributed by atoms with van der Waals surface area (Å²) in [6, 6.07) is 0.629. The Bertz CT molecular complexity index is 313. The van der Waals surface area contributed by atoms with E-state index in [4.69, 9.17) is 9.84 Å². The van der Waals surface area contributed by atoms with Crippen molar-refractivity contribution in [1.29, 1.82) is 0 Å². The lowest BCUT2D eigenvalue weighted by Gasteiger charge is -2.44. The molecule has 2 aliphatic rings. The summed E-state index contributed by atoms with van der Waals surface area (Å²) < 4.78 is 5.91. The molecule has 0 aromatic carbocycles. The summed E-state index contributed by atoms with van der Waals surface area (Å²) in [7, 11) is 0. The van der Waals surface area contributed by atoms with Gasteiger partial charge in [-0.3, -0.25) is 4.79 Å². The molecule has 2 saturated heterocycles. The van der Waals surface area contributed by atoms with Crippen LogP contribution in [-0.2, 0) is 9.53 Å². The monoisotopic (exact) mass is 269 g/mol. The summed E-state index contributed by atoms with van der Waals surface area (Å²) in [5.74, 6) is -0.269. The van der Waals surface area contributed by atoms with Crippen LogP contribution in [0.2, 0.25) is 0 Å². The molecule has 1 N–H and O–H groups in total. The van der Waals surface area contributed by atoms with Crippen molar-refractivity contribution in [3.8, 4) is 0 Å². The van der Waals surface area contributed by atoms with Gasteiger partial charge in [0.1, 0.15) is 0 Å². The van der Waals surface area contributed by atoms with Gasteiger partial charge in [0.15, 0.2) is 0 Å². The van der Waals surface area contributed by atoms with E-state index in [9.17, 15) is 4.79 Å². The van der Waals surface area contributed by atoms with E-state index in [1.807, 2.05) is 0 Å². The van der Waals surface area contributed by atoms with Crippen LogP contribution in [0.25, 0.3) is 0 Å². The standard InChI is InChI=1S/C15H27NO3/c1-3-15(2)11-13(6-9-19-15)16-7-4-12(5-8-16)10-14(17)18/h12-13H,3-11H2,1-2H3,(H,17,18). The van der Waals surface area contributed by atoms with Crippen LogP contribution in [0.4, 0.5) is 0 Å². The van der Waals surface area contributed by atoms with Crippen molar-refractivity contribution in [3.05, 3.63) is 0 Å². The molecule has 4 nitrogen and oxygen atoms in total. The average Bonchev–Trinajstić information content (AvgIpc) is 2.39. The third-order valence-electron chi connectivity index (χ3n) is 4.95. The van der Waals surface area contributed by atoms with Crippen LogP contribution in [0.15, 0.2) is 0 Å². The van der Waals surface area contributed by atoms with Gasteiger partial charge in [-0.25, -0.2) is 0 Å².